The lowest BCUT2D eigenvalue weighted by Gasteiger charge is -2.19. The number of hydrogen-bond acceptors (Lipinski definition) is 2. The lowest BCUT2D eigenvalue weighted by molar-refractivity contribution is -0.139. The monoisotopic (exact) mass is 350 g/mol. The van der Waals surface area contributed by atoms with Crippen molar-refractivity contribution in [3.05, 3.63) is 63.6 Å². The first kappa shape index (κ1) is 17.3. The zero-order chi connectivity index (χ0) is 18.0. The van der Waals surface area contributed by atoms with Crippen LogP contribution in [0.2, 0.25) is 0 Å². The van der Waals surface area contributed by atoms with E-state index in [1.165, 1.54) is 11.8 Å². The third-order valence-corrected chi connectivity index (χ3v) is 4.31. The molecule has 0 fully saturated rings. The molecule has 0 aliphatic heterocycles. The van der Waals surface area contributed by atoms with Gasteiger partial charge in [-0.3, -0.25) is 9.59 Å². The average Bonchev–Trinajstić information content (AvgIpc) is 2.56. The van der Waals surface area contributed by atoms with Crippen molar-refractivity contribution in [3.8, 4) is 0 Å². The molecule has 1 aromatic carbocycles. The van der Waals surface area contributed by atoms with Crippen LogP contribution in [0.5, 0.6) is 0 Å². The molecule has 1 aromatic heterocycles. The predicted molar refractivity (Wildman–Crippen MR) is 87.4 cm³/mol. The second kappa shape index (κ2) is 6.74. The Labute approximate surface area is 142 Å². The molecule has 25 heavy (non-hydrogen) atoms. The van der Waals surface area contributed by atoms with Crippen LogP contribution >= 0.6 is 0 Å². The summed E-state index contributed by atoms with van der Waals surface area (Å²) in [5.41, 5.74) is 0.418. The summed E-state index contributed by atoms with van der Waals surface area (Å²) < 4.78 is 39.1. The molecular formula is C18H17F3N2O2. The second-order valence-corrected chi connectivity index (χ2v) is 6.05. The fourth-order valence-corrected chi connectivity index (χ4v) is 3.12. The number of pyridine rings is 1. The number of benzene rings is 1. The van der Waals surface area contributed by atoms with Crippen LogP contribution in [0, 0.1) is 0 Å². The fraction of sp³-hybridized carbons (Fsp3) is 0.333. The Kier molecular flexibility index (Phi) is 4.65. The molecule has 1 heterocycles. The molecule has 0 unspecified atom stereocenters. The van der Waals surface area contributed by atoms with Crippen molar-refractivity contribution in [1.29, 1.82) is 0 Å². The minimum absolute atomic E-state index is 0.466. The van der Waals surface area contributed by atoms with Crippen LogP contribution in [0.1, 0.15) is 29.5 Å². The number of nitrogens with zero attached hydrogens (tertiary/aromatic N) is 1. The standard InChI is InChI=1S/C18H17F3N2O2/c19-18(20,21)14-8-4-10-23(17(14)25)11-16(24)22-15-9-3-6-12-5-1-2-7-13(12)15/h3-4,6,8-10H,1-2,5,7,11H2,(H,22,24). The third kappa shape index (κ3) is 3.75. The number of rotatable bonds is 3. The molecule has 0 radical (unpaired) electrons. The van der Waals surface area contributed by atoms with E-state index in [1.807, 2.05) is 12.1 Å². The normalized spacial score (nSPS) is 14.0. The van der Waals surface area contributed by atoms with E-state index in [2.05, 4.69) is 5.32 Å². The summed E-state index contributed by atoms with van der Waals surface area (Å²) in [7, 11) is 0. The van der Waals surface area contributed by atoms with Gasteiger partial charge in [0.05, 0.1) is 0 Å². The van der Waals surface area contributed by atoms with Crippen LogP contribution in [0.4, 0.5) is 18.9 Å². The molecule has 0 atom stereocenters. The van der Waals surface area contributed by atoms with Gasteiger partial charge in [0, 0.05) is 11.9 Å². The highest BCUT2D eigenvalue weighted by molar-refractivity contribution is 5.91. The van der Waals surface area contributed by atoms with Crippen molar-refractivity contribution in [2.75, 3.05) is 5.32 Å². The van der Waals surface area contributed by atoms with Gasteiger partial charge in [-0.25, -0.2) is 0 Å². The Bertz CT molecular complexity index is 856. The van der Waals surface area contributed by atoms with E-state index >= 15 is 0 Å². The summed E-state index contributed by atoms with van der Waals surface area (Å²) in [6.07, 6.45) is 0.380. The van der Waals surface area contributed by atoms with Crippen molar-refractivity contribution in [1.82, 2.24) is 4.57 Å². The highest BCUT2D eigenvalue weighted by Crippen LogP contribution is 2.28. The number of fused-ring (bicyclic) bond motifs is 1. The summed E-state index contributed by atoms with van der Waals surface area (Å²) in [4.78, 5) is 24.1. The maximum atomic E-state index is 12.8. The summed E-state index contributed by atoms with van der Waals surface area (Å²) in [6.45, 7) is -0.466. The molecular weight excluding hydrogens is 333 g/mol. The number of alkyl halides is 3. The largest absolute Gasteiger partial charge is 0.421 e. The number of nitrogens with one attached hydrogen (secondary N) is 1. The minimum atomic E-state index is -4.74. The fourth-order valence-electron chi connectivity index (χ4n) is 3.12. The molecule has 132 valence electrons. The first-order chi connectivity index (χ1) is 11.9. The molecule has 1 N–H and O–H groups in total. The predicted octanol–water partition coefficient (Wildman–Crippen LogP) is 3.38. The Morgan fingerprint density at radius 1 is 1.12 bits per heavy atom. The second-order valence-electron chi connectivity index (χ2n) is 6.05. The molecule has 3 rings (SSSR count). The van der Waals surface area contributed by atoms with Gasteiger partial charge in [0.15, 0.2) is 0 Å². The highest BCUT2D eigenvalue weighted by Gasteiger charge is 2.34. The lowest BCUT2D eigenvalue weighted by Crippen LogP contribution is -2.32. The maximum Gasteiger partial charge on any atom is 0.421 e. The molecule has 0 saturated carbocycles. The number of aromatic nitrogens is 1. The number of amides is 1. The highest BCUT2D eigenvalue weighted by atomic mass is 19.4. The van der Waals surface area contributed by atoms with Gasteiger partial charge in [-0.2, -0.15) is 13.2 Å². The molecule has 1 aliphatic rings. The van der Waals surface area contributed by atoms with Gasteiger partial charge in [-0.05, 0) is 55.0 Å². The number of carbonyl (C=O) groups is 1. The summed E-state index contributed by atoms with van der Waals surface area (Å²) in [5, 5.41) is 2.72. The smallest absolute Gasteiger partial charge is 0.324 e. The third-order valence-electron chi connectivity index (χ3n) is 4.31. The summed E-state index contributed by atoms with van der Waals surface area (Å²) in [6, 6.07) is 7.46. The van der Waals surface area contributed by atoms with Gasteiger partial charge in [-0.1, -0.05) is 12.1 Å². The van der Waals surface area contributed by atoms with Crippen molar-refractivity contribution >= 4 is 11.6 Å². The van der Waals surface area contributed by atoms with Crippen LogP contribution in [-0.4, -0.2) is 10.5 Å². The van der Waals surface area contributed by atoms with E-state index < -0.39 is 29.8 Å². The number of hydrogen-bond donors (Lipinski definition) is 1. The summed E-state index contributed by atoms with van der Waals surface area (Å²) in [5.74, 6) is -0.527. The van der Waals surface area contributed by atoms with Crippen LogP contribution in [0.15, 0.2) is 41.3 Å². The van der Waals surface area contributed by atoms with Crippen molar-refractivity contribution in [2.24, 2.45) is 0 Å². The Morgan fingerprint density at radius 3 is 2.64 bits per heavy atom. The zero-order valence-electron chi connectivity index (χ0n) is 13.4. The van der Waals surface area contributed by atoms with Gasteiger partial charge in [0.2, 0.25) is 5.91 Å². The maximum absolute atomic E-state index is 12.8. The topological polar surface area (TPSA) is 51.1 Å². The number of carbonyl (C=O) groups excluding carboxylic acids is 1. The first-order valence-electron chi connectivity index (χ1n) is 8.03. The Balaban J connectivity index is 1.80. The van der Waals surface area contributed by atoms with Crippen LogP contribution < -0.4 is 10.9 Å². The Morgan fingerprint density at radius 2 is 1.88 bits per heavy atom. The molecule has 7 heteroatoms. The number of halogens is 3. The first-order valence-corrected chi connectivity index (χ1v) is 8.03. The molecule has 0 bridgehead atoms. The Hall–Kier alpha value is -2.57. The van der Waals surface area contributed by atoms with E-state index in [9.17, 15) is 22.8 Å². The van der Waals surface area contributed by atoms with Gasteiger partial charge in [0.1, 0.15) is 12.1 Å². The van der Waals surface area contributed by atoms with Crippen molar-refractivity contribution in [3.63, 3.8) is 0 Å². The van der Waals surface area contributed by atoms with E-state index in [-0.39, 0.29) is 0 Å². The van der Waals surface area contributed by atoms with Gasteiger partial charge >= 0.3 is 6.18 Å². The molecule has 0 spiro atoms. The van der Waals surface area contributed by atoms with E-state index in [0.29, 0.717) is 11.8 Å². The van der Waals surface area contributed by atoms with E-state index in [0.717, 1.165) is 41.9 Å². The SMILES string of the molecule is O=C(Cn1cccc(C(F)(F)F)c1=O)Nc1cccc2c1CCCC2. The van der Waals surface area contributed by atoms with Crippen LogP contribution in [0.25, 0.3) is 0 Å². The number of anilines is 1. The van der Waals surface area contributed by atoms with Crippen LogP contribution in [-0.2, 0) is 30.4 Å². The van der Waals surface area contributed by atoms with Gasteiger partial charge in [0.25, 0.3) is 5.56 Å². The zero-order valence-corrected chi connectivity index (χ0v) is 13.4. The minimum Gasteiger partial charge on any atom is -0.324 e. The van der Waals surface area contributed by atoms with E-state index in [1.54, 1.807) is 6.07 Å². The van der Waals surface area contributed by atoms with Crippen molar-refractivity contribution in [2.45, 2.75) is 38.4 Å². The van der Waals surface area contributed by atoms with Gasteiger partial charge < -0.3 is 9.88 Å². The average molecular weight is 350 g/mol. The number of aryl methyl sites for hydroxylation is 1. The molecule has 1 amide bonds. The lowest BCUT2D eigenvalue weighted by atomic mass is 9.90. The van der Waals surface area contributed by atoms with Gasteiger partial charge in [-0.15, -0.1) is 0 Å². The molecule has 2 aromatic rings. The molecule has 1 aliphatic carbocycles. The molecule has 0 saturated heterocycles. The quantitative estimate of drug-likeness (QED) is 0.923. The van der Waals surface area contributed by atoms with E-state index in [4.69, 9.17) is 0 Å². The molecule has 4 nitrogen and oxygen atoms in total. The van der Waals surface area contributed by atoms with Crippen LogP contribution in [0.3, 0.4) is 0 Å². The van der Waals surface area contributed by atoms with Crippen molar-refractivity contribution < 1.29 is 18.0 Å². The summed E-state index contributed by atoms with van der Waals surface area (Å²) >= 11 is 0.